The third-order valence-corrected chi connectivity index (χ3v) is 4.40. The number of anilines is 1. The summed E-state index contributed by atoms with van der Waals surface area (Å²) in [6, 6.07) is 5.58. The molecule has 0 bridgehead atoms. The third kappa shape index (κ3) is 5.86. The lowest BCUT2D eigenvalue weighted by atomic mass is 10.1. The molecular formula is C21H28ClN3O2. The van der Waals surface area contributed by atoms with Crippen LogP contribution in [0.5, 0.6) is 11.6 Å². The van der Waals surface area contributed by atoms with Gasteiger partial charge in [0, 0.05) is 12.1 Å². The van der Waals surface area contributed by atoms with Gasteiger partial charge in [-0.3, -0.25) is 0 Å². The Bertz CT molecular complexity index is 765. The average molecular weight is 390 g/mol. The number of halogens is 1. The molecule has 0 atom stereocenters. The monoisotopic (exact) mass is 389 g/mol. The molecule has 0 unspecified atom stereocenters. The first-order valence-electron chi connectivity index (χ1n) is 9.30. The van der Waals surface area contributed by atoms with Crippen LogP contribution in [0.2, 0.25) is 5.02 Å². The molecule has 1 N–H and O–H groups in total. The van der Waals surface area contributed by atoms with Gasteiger partial charge in [-0.25, -0.2) is 9.97 Å². The summed E-state index contributed by atoms with van der Waals surface area (Å²) in [6.45, 7) is 9.20. The Kier molecular flexibility index (Phi) is 8.40. The molecule has 5 nitrogen and oxygen atoms in total. The maximum Gasteiger partial charge on any atom is 0.257 e. The summed E-state index contributed by atoms with van der Waals surface area (Å²) in [4.78, 5) is 9.28. The van der Waals surface area contributed by atoms with E-state index in [1.165, 1.54) is 12.8 Å². The quantitative estimate of drug-likeness (QED) is 0.396. The lowest BCUT2D eigenvalue weighted by molar-refractivity contribution is 0.325. The second-order valence-corrected chi connectivity index (χ2v) is 6.62. The predicted molar refractivity (Wildman–Crippen MR) is 112 cm³/mol. The van der Waals surface area contributed by atoms with Gasteiger partial charge >= 0.3 is 0 Å². The van der Waals surface area contributed by atoms with Crippen LogP contribution in [0.4, 0.5) is 5.82 Å². The van der Waals surface area contributed by atoms with Crippen molar-refractivity contribution in [2.75, 3.05) is 25.6 Å². The molecular weight excluding hydrogens is 362 g/mol. The second-order valence-electron chi connectivity index (χ2n) is 6.22. The number of nitrogens with one attached hydrogen (secondary N) is 1. The van der Waals surface area contributed by atoms with Crippen LogP contribution in [-0.2, 0) is 0 Å². The van der Waals surface area contributed by atoms with E-state index in [9.17, 15) is 0 Å². The van der Waals surface area contributed by atoms with Crippen molar-refractivity contribution in [1.82, 2.24) is 9.97 Å². The maximum atomic E-state index is 6.48. The highest BCUT2D eigenvalue weighted by atomic mass is 35.5. The van der Waals surface area contributed by atoms with Gasteiger partial charge in [-0.15, -0.1) is 6.58 Å². The second kappa shape index (κ2) is 10.8. The van der Waals surface area contributed by atoms with E-state index in [-0.39, 0.29) is 0 Å². The van der Waals surface area contributed by atoms with Crippen LogP contribution in [-0.4, -0.2) is 30.2 Å². The van der Waals surface area contributed by atoms with Gasteiger partial charge in [0.05, 0.1) is 30.1 Å². The number of ether oxygens (including phenoxy) is 2. The van der Waals surface area contributed by atoms with Crippen molar-refractivity contribution in [3.05, 3.63) is 41.6 Å². The molecule has 0 saturated heterocycles. The van der Waals surface area contributed by atoms with E-state index in [4.69, 9.17) is 21.1 Å². The first-order chi connectivity index (χ1) is 13.1. The number of methoxy groups -OCH3 is 1. The molecule has 0 radical (unpaired) electrons. The van der Waals surface area contributed by atoms with Crippen molar-refractivity contribution in [2.45, 2.75) is 39.5 Å². The molecule has 0 aliphatic carbocycles. The van der Waals surface area contributed by atoms with E-state index in [0.717, 1.165) is 36.4 Å². The molecule has 0 aliphatic heterocycles. The van der Waals surface area contributed by atoms with Crippen LogP contribution in [0.15, 0.2) is 30.9 Å². The number of aryl methyl sites for hydroxylation is 1. The molecule has 2 aromatic rings. The van der Waals surface area contributed by atoms with Crippen LogP contribution >= 0.6 is 11.6 Å². The van der Waals surface area contributed by atoms with Gasteiger partial charge in [-0.1, -0.05) is 37.4 Å². The number of unbranched alkanes of at least 4 members (excludes halogenated alkanes) is 2. The van der Waals surface area contributed by atoms with Gasteiger partial charge in [0.2, 0.25) is 0 Å². The highest BCUT2D eigenvalue weighted by Gasteiger charge is 2.16. The number of benzene rings is 1. The van der Waals surface area contributed by atoms with Crippen LogP contribution in [0.25, 0.3) is 11.3 Å². The normalized spacial score (nSPS) is 10.5. The molecule has 1 aromatic carbocycles. The van der Waals surface area contributed by atoms with Crippen LogP contribution in [0.1, 0.15) is 38.3 Å². The first kappa shape index (κ1) is 21.0. The molecule has 1 aromatic heterocycles. The Hall–Kier alpha value is -2.27. The highest BCUT2D eigenvalue weighted by Crippen LogP contribution is 2.34. The minimum Gasteiger partial charge on any atom is -0.493 e. The highest BCUT2D eigenvalue weighted by molar-refractivity contribution is 6.33. The van der Waals surface area contributed by atoms with Crippen LogP contribution < -0.4 is 14.8 Å². The van der Waals surface area contributed by atoms with E-state index in [0.29, 0.717) is 29.0 Å². The minimum absolute atomic E-state index is 0.467. The zero-order valence-electron chi connectivity index (χ0n) is 16.3. The minimum atomic E-state index is 0.467. The summed E-state index contributed by atoms with van der Waals surface area (Å²) < 4.78 is 11.1. The van der Waals surface area contributed by atoms with Crippen molar-refractivity contribution >= 4 is 17.4 Å². The molecule has 2 rings (SSSR count). The molecule has 0 amide bonds. The largest absolute Gasteiger partial charge is 0.493 e. The fourth-order valence-electron chi connectivity index (χ4n) is 2.64. The zero-order chi connectivity index (χ0) is 19.6. The molecule has 6 heteroatoms. The Morgan fingerprint density at radius 1 is 1.26 bits per heavy atom. The van der Waals surface area contributed by atoms with Gasteiger partial charge in [0.15, 0.2) is 5.82 Å². The van der Waals surface area contributed by atoms with Gasteiger partial charge in [-0.2, -0.15) is 0 Å². The standard InChI is InChI=1S/C21H28ClN3O2/c1-5-7-9-12-23-20-21(26-4)25-19(15(3)24-20)17-11-10-16(14-18(17)22)27-13-8-6-2/h6,10-11,14H,2,5,7-9,12-13H2,1,3-4H3,(H,23,24). The summed E-state index contributed by atoms with van der Waals surface area (Å²) in [5.74, 6) is 1.85. The van der Waals surface area contributed by atoms with E-state index in [2.05, 4.69) is 28.8 Å². The van der Waals surface area contributed by atoms with E-state index < -0.39 is 0 Å². The predicted octanol–water partition coefficient (Wildman–Crippen LogP) is 5.67. The Morgan fingerprint density at radius 2 is 2.07 bits per heavy atom. The summed E-state index contributed by atoms with van der Waals surface area (Å²) in [5, 5.41) is 3.88. The fraction of sp³-hybridized carbons (Fsp3) is 0.429. The number of aromatic nitrogens is 2. The topological polar surface area (TPSA) is 56.3 Å². The van der Waals surface area contributed by atoms with Crippen molar-refractivity contribution in [3.8, 4) is 22.9 Å². The van der Waals surface area contributed by atoms with Gasteiger partial charge in [0.25, 0.3) is 5.88 Å². The molecule has 0 saturated carbocycles. The molecule has 0 fully saturated rings. The van der Waals surface area contributed by atoms with Gasteiger partial charge in [0.1, 0.15) is 5.75 Å². The Morgan fingerprint density at radius 3 is 2.74 bits per heavy atom. The van der Waals surface area contributed by atoms with E-state index in [1.54, 1.807) is 13.2 Å². The van der Waals surface area contributed by atoms with Crippen molar-refractivity contribution in [3.63, 3.8) is 0 Å². The number of hydrogen-bond acceptors (Lipinski definition) is 5. The molecule has 146 valence electrons. The smallest absolute Gasteiger partial charge is 0.257 e. The van der Waals surface area contributed by atoms with Crippen molar-refractivity contribution in [1.29, 1.82) is 0 Å². The summed E-state index contributed by atoms with van der Waals surface area (Å²) in [7, 11) is 1.60. The summed E-state index contributed by atoms with van der Waals surface area (Å²) >= 11 is 6.48. The van der Waals surface area contributed by atoms with E-state index in [1.807, 2.05) is 25.1 Å². The number of hydrogen-bond donors (Lipinski definition) is 1. The molecule has 1 heterocycles. The molecule has 27 heavy (non-hydrogen) atoms. The summed E-state index contributed by atoms with van der Waals surface area (Å²) in [5.41, 5.74) is 2.29. The first-order valence-corrected chi connectivity index (χ1v) is 9.68. The van der Waals surface area contributed by atoms with Gasteiger partial charge < -0.3 is 14.8 Å². The van der Waals surface area contributed by atoms with Crippen LogP contribution in [0, 0.1) is 6.92 Å². The molecule has 0 aliphatic rings. The number of rotatable bonds is 11. The zero-order valence-corrected chi connectivity index (χ0v) is 17.1. The van der Waals surface area contributed by atoms with Crippen molar-refractivity contribution in [2.24, 2.45) is 0 Å². The SMILES string of the molecule is C=CCCOc1ccc(-c2nc(OC)c(NCCCCC)nc2C)c(Cl)c1. The van der Waals surface area contributed by atoms with Gasteiger partial charge in [-0.05, 0) is 38.0 Å². The fourth-order valence-corrected chi connectivity index (χ4v) is 2.90. The summed E-state index contributed by atoms with van der Waals surface area (Å²) in [6.07, 6.45) is 6.04. The average Bonchev–Trinajstić information content (AvgIpc) is 2.66. The molecule has 0 spiro atoms. The van der Waals surface area contributed by atoms with E-state index >= 15 is 0 Å². The lowest BCUT2D eigenvalue weighted by Gasteiger charge is -2.14. The Labute approximate surface area is 166 Å². The van der Waals surface area contributed by atoms with Crippen LogP contribution in [0.3, 0.4) is 0 Å². The number of nitrogens with zero attached hydrogens (tertiary/aromatic N) is 2. The lowest BCUT2D eigenvalue weighted by Crippen LogP contribution is -2.08. The Balaban J connectivity index is 2.23. The third-order valence-electron chi connectivity index (χ3n) is 4.09. The van der Waals surface area contributed by atoms with Crippen molar-refractivity contribution < 1.29 is 9.47 Å². The maximum absolute atomic E-state index is 6.48.